The van der Waals surface area contributed by atoms with Crippen molar-refractivity contribution < 1.29 is 19.0 Å². The maximum Gasteiger partial charge on any atom is 0.263 e. The number of nitrogens with one attached hydrogen (secondary N) is 1. The van der Waals surface area contributed by atoms with Crippen molar-refractivity contribution in [2.75, 3.05) is 26.6 Å². The van der Waals surface area contributed by atoms with Crippen LogP contribution >= 0.6 is 0 Å². The molecular formula is C22H22N2O5. The molecule has 1 N–H and O–H groups in total. The average molecular weight is 394 g/mol. The number of nitrogens with zero attached hydrogens (tertiary/aromatic N) is 1. The minimum Gasteiger partial charge on any atom is -0.497 e. The van der Waals surface area contributed by atoms with E-state index in [9.17, 15) is 9.59 Å². The molecule has 0 bridgehead atoms. The van der Waals surface area contributed by atoms with Crippen LogP contribution in [0.15, 0.2) is 65.6 Å². The summed E-state index contributed by atoms with van der Waals surface area (Å²) >= 11 is 0. The Labute approximate surface area is 168 Å². The maximum atomic E-state index is 12.8. The van der Waals surface area contributed by atoms with Gasteiger partial charge in [0.05, 0.1) is 27.9 Å². The van der Waals surface area contributed by atoms with Gasteiger partial charge in [-0.3, -0.25) is 9.59 Å². The summed E-state index contributed by atoms with van der Waals surface area (Å²) in [6.45, 7) is 0.274. The van der Waals surface area contributed by atoms with Gasteiger partial charge in [0.25, 0.3) is 11.5 Å². The van der Waals surface area contributed by atoms with Crippen LogP contribution in [0, 0.1) is 0 Å². The largest absolute Gasteiger partial charge is 0.497 e. The number of methoxy groups -OCH3 is 3. The van der Waals surface area contributed by atoms with Crippen molar-refractivity contribution in [2.45, 2.75) is 6.54 Å². The molecule has 0 aliphatic heterocycles. The van der Waals surface area contributed by atoms with E-state index in [0.717, 1.165) is 5.56 Å². The number of anilines is 1. The number of hydrogen-bond donors (Lipinski definition) is 1. The second kappa shape index (κ2) is 8.97. The van der Waals surface area contributed by atoms with E-state index in [1.165, 1.54) is 10.6 Å². The van der Waals surface area contributed by atoms with Gasteiger partial charge >= 0.3 is 0 Å². The van der Waals surface area contributed by atoms with Gasteiger partial charge in [-0.25, -0.2) is 0 Å². The lowest BCUT2D eigenvalue weighted by atomic mass is 10.2. The van der Waals surface area contributed by atoms with Crippen LogP contribution in [0.25, 0.3) is 0 Å². The molecule has 0 unspecified atom stereocenters. The number of ether oxygens (including phenoxy) is 3. The molecule has 0 aliphatic carbocycles. The highest BCUT2D eigenvalue weighted by atomic mass is 16.5. The van der Waals surface area contributed by atoms with Crippen molar-refractivity contribution in [1.82, 2.24) is 4.57 Å². The number of amides is 1. The highest BCUT2D eigenvalue weighted by Gasteiger charge is 2.13. The van der Waals surface area contributed by atoms with Crippen LogP contribution in [-0.4, -0.2) is 31.8 Å². The Kier molecular flexibility index (Phi) is 6.19. The van der Waals surface area contributed by atoms with Crippen LogP contribution in [0.4, 0.5) is 5.69 Å². The Morgan fingerprint density at radius 2 is 1.52 bits per heavy atom. The molecule has 0 fully saturated rings. The first-order valence-electron chi connectivity index (χ1n) is 8.91. The van der Waals surface area contributed by atoms with E-state index in [2.05, 4.69) is 5.32 Å². The van der Waals surface area contributed by atoms with E-state index in [1.54, 1.807) is 63.9 Å². The highest BCUT2D eigenvalue weighted by molar-refractivity contribution is 6.04. The SMILES string of the molecule is COc1ccc(NC(=O)c2cccn(Cc3cc(OC)cc(OC)c3)c2=O)cc1. The van der Waals surface area contributed by atoms with E-state index in [1.807, 2.05) is 12.1 Å². The summed E-state index contributed by atoms with van der Waals surface area (Å²) in [5.41, 5.74) is 1.05. The summed E-state index contributed by atoms with van der Waals surface area (Å²) in [7, 11) is 4.70. The topological polar surface area (TPSA) is 78.8 Å². The minimum absolute atomic E-state index is 0.0539. The molecule has 3 rings (SSSR count). The zero-order valence-electron chi connectivity index (χ0n) is 16.5. The quantitative estimate of drug-likeness (QED) is 0.666. The fraction of sp³-hybridized carbons (Fsp3) is 0.182. The Balaban J connectivity index is 1.83. The monoisotopic (exact) mass is 394 g/mol. The molecule has 7 nitrogen and oxygen atoms in total. The molecule has 3 aromatic rings. The molecule has 0 spiro atoms. The third-order valence-electron chi connectivity index (χ3n) is 4.38. The van der Waals surface area contributed by atoms with Crippen LogP contribution < -0.4 is 25.1 Å². The molecule has 1 aromatic heterocycles. The molecular weight excluding hydrogens is 372 g/mol. The molecule has 0 atom stereocenters. The second-order valence-corrected chi connectivity index (χ2v) is 6.26. The number of hydrogen-bond acceptors (Lipinski definition) is 5. The summed E-state index contributed by atoms with van der Waals surface area (Å²) in [6, 6.07) is 15.4. The van der Waals surface area contributed by atoms with Gasteiger partial charge in [-0.15, -0.1) is 0 Å². The summed E-state index contributed by atoms with van der Waals surface area (Å²) in [4.78, 5) is 25.4. The van der Waals surface area contributed by atoms with Crippen LogP contribution in [0.1, 0.15) is 15.9 Å². The summed E-state index contributed by atoms with van der Waals surface area (Å²) < 4.78 is 17.1. The smallest absolute Gasteiger partial charge is 0.263 e. The molecule has 0 saturated carbocycles. The van der Waals surface area contributed by atoms with Gasteiger partial charge in [0.2, 0.25) is 0 Å². The highest BCUT2D eigenvalue weighted by Crippen LogP contribution is 2.23. The predicted octanol–water partition coefficient (Wildman–Crippen LogP) is 3.17. The minimum atomic E-state index is -0.474. The number of pyridine rings is 1. The number of aromatic nitrogens is 1. The molecule has 1 heterocycles. The van der Waals surface area contributed by atoms with Gasteiger partial charge in [-0.2, -0.15) is 0 Å². The Morgan fingerprint density at radius 1 is 0.897 bits per heavy atom. The molecule has 1 amide bonds. The molecule has 0 radical (unpaired) electrons. The lowest BCUT2D eigenvalue weighted by Crippen LogP contribution is -2.29. The van der Waals surface area contributed by atoms with Gasteiger partial charge in [-0.05, 0) is 54.1 Å². The average Bonchev–Trinajstić information content (AvgIpc) is 2.75. The van der Waals surface area contributed by atoms with Crippen molar-refractivity contribution in [2.24, 2.45) is 0 Å². The third-order valence-corrected chi connectivity index (χ3v) is 4.38. The lowest BCUT2D eigenvalue weighted by molar-refractivity contribution is 0.102. The number of carbonyl (C=O) groups excluding carboxylic acids is 1. The molecule has 0 aliphatic rings. The summed E-state index contributed by atoms with van der Waals surface area (Å²) in [5, 5.41) is 2.73. The molecule has 2 aromatic carbocycles. The fourth-order valence-electron chi connectivity index (χ4n) is 2.86. The van der Waals surface area contributed by atoms with Crippen LogP contribution in [0.3, 0.4) is 0 Å². The van der Waals surface area contributed by atoms with Crippen LogP contribution in [-0.2, 0) is 6.54 Å². The molecule has 0 saturated heterocycles. The van der Waals surface area contributed by atoms with E-state index < -0.39 is 5.91 Å². The van der Waals surface area contributed by atoms with Crippen molar-refractivity contribution in [3.05, 3.63) is 82.3 Å². The van der Waals surface area contributed by atoms with Crippen molar-refractivity contribution in [3.63, 3.8) is 0 Å². The van der Waals surface area contributed by atoms with Crippen molar-refractivity contribution in [1.29, 1.82) is 0 Å². The zero-order valence-corrected chi connectivity index (χ0v) is 16.5. The normalized spacial score (nSPS) is 10.3. The first-order valence-corrected chi connectivity index (χ1v) is 8.91. The van der Waals surface area contributed by atoms with E-state index in [-0.39, 0.29) is 17.7 Å². The van der Waals surface area contributed by atoms with Crippen LogP contribution in [0.2, 0.25) is 0 Å². The summed E-state index contributed by atoms with van der Waals surface area (Å²) in [5.74, 6) is 1.46. The maximum absolute atomic E-state index is 12.8. The Hall–Kier alpha value is -3.74. The standard InChI is InChI=1S/C22H22N2O5/c1-27-17-8-6-16(7-9-17)23-21(25)20-5-4-10-24(22(20)26)14-15-11-18(28-2)13-19(12-15)29-3/h4-13H,14H2,1-3H3,(H,23,25). The number of rotatable bonds is 7. The third kappa shape index (κ3) is 4.76. The zero-order chi connectivity index (χ0) is 20.8. The van der Waals surface area contributed by atoms with Crippen molar-refractivity contribution in [3.8, 4) is 17.2 Å². The van der Waals surface area contributed by atoms with Crippen molar-refractivity contribution >= 4 is 11.6 Å². The number of benzene rings is 2. The fourth-order valence-corrected chi connectivity index (χ4v) is 2.86. The van der Waals surface area contributed by atoms with Crippen LogP contribution in [0.5, 0.6) is 17.2 Å². The lowest BCUT2D eigenvalue weighted by Gasteiger charge is -2.11. The molecule has 29 heavy (non-hydrogen) atoms. The van der Waals surface area contributed by atoms with Gasteiger partial charge < -0.3 is 24.1 Å². The second-order valence-electron chi connectivity index (χ2n) is 6.26. The van der Waals surface area contributed by atoms with Gasteiger partial charge in [0, 0.05) is 18.0 Å². The first-order chi connectivity index (χ1) is 14.0. The molecule has 150 valence electrons. The van der Waals surface area contributed by atoms with Gasteiger partial charge in [0.1, 0.15) is 22.8 Å². The van der Waals surface area contributed by atoms with E-state index >= 15 is 0 Å². The number of carbonyl (C=O) groups is 1. The Morgan fingerprint density at radius 3 is 2.10 bits per heavy atom. The summed E-state index contributed by atoms with van der Waals surface area (Å²) in [6.07, 6.45) is 1.64. The Bertz CT molecular complexity index is 1040. The van der Waals surface area contributed by atoms with E-state index in [4.69, 9.17) is 14.2 Å². The van der Waals surface area contributed by atoms with E-state index in [0.29, 0.717) is 22.9 Å². The molecule has 7 heteroatoms. The first kappa shape index (κ1) is 20.0. The van der Waals surface area contributed by atoms with Gasteiger partial charge in [0.15, 0.2) is 0 Å². The van der Waals surface area contributed by atoms with Gasteiger partial charge in [-0.1, -0.05) is 0 Å². The predicted molar refractivity (Wildman–Crippen MR) is 110 cm³/mol.